The zero-order chi connectivity index (χ0) is 11.1. The molecule has 2 aliphatic carbocycles. The van der Waals surface area contributed by atoms with Crippen molar-refractivity contribution in [1.82, 2.24) is 0 Å². The highest BCUT2D eigenvalue weighted by molar-refractivity contribution is 9.09. The fraction of sp³-hybridized carbons (Fsp3) is 1.00. The maximum Gasteiger partial charge on any atom is 0.250 e. The summed E-state index contributed by atoms with van der Waals surface area (Å²) in [6.45, 7) is 2.18. The summed E-state index contributed by atoms with van der Waals surface area (Å²) in [5.74, 6) is -2.73. The molecular weight excluding hydrogens is 262 g/mol. The summed E-state index contributed by atoms with van der Waals surface area (Å²) in [7, 11) is 0. The van der Waals surface area contributed by atoms with E-state index in [2.05, 4.69) is 22.9 Å². The molecule has 0 heterocycles. The van der Waals surface area contributed by atoms with E-state index in [-0.39, 0.29) is 17.8 Å². The molecule has 0 aromatic carbocycles. The van der Waals surface area contributed by atoms with Crippen LogP contribution in [0.4, 0.5) is 8.78 Å². The molecule has 3 heteroatoms. The molecule has 0 N–H and O–H groups in total. The van der Waals surface area contributed by atoms with Crippen LogP contribution in [-0.4, -0.2) is 10.7 Å². The van der Waals surface area contributed by atoms with Crippen LogP contribution in [0.2, 0.25) is 0 Å². The zero-order valence-electron chi connectivity index (χ0n) is 9.24. The Bertz CT molecular complexity index is 242. The van der Waals surface area contributed by atoms with Gasteiger partial charge in [0.25, 0.3) is 5.92 Å². The molecule has 0 radical (unpaired) electrons. The summed E-state index contributed by atoms with van der Waals surface area (Å²) in [5.41, 5.74) is 0.159. The van der Waals surface area contributed by atoms with Crippen molar-refractivity contribution < 1.29 is 8.78 Å². The van der Waals surface area contributed by atoms with Gasteiger partial charge in [0.2, 0.25) is 0 Å². The first-order valence-corrected chi connectivity index (χ1v) is 6.85. The second-order valence-electron chi connectivity index (χ2n) is 5.71. The van der Waals surface area contributed by atoms with Crippen molar-refractivity contribution in [2.24, 2.45) is 11.3 Å². The van der Waals surface area contributed by atoms with Gasteiger partial charge in [-0.3, -0.25) is 0 Å². The third kappa shape index (κ3) is 2.54. The van der Waals surface area contributed by atoms with Gasteiger partial charge in [-0.15, -0.1) is 0 Å². The summed E-state index contributed by atoms with van der Waals surface area (Å²) < 4.78 is 27.0. The predicted octanol–water partition coefficient (Wildman–Crippen LogP) is 4.77. The number of rotatable bonds is 2. The van der Waals surface area contributed by atoms with Gasteiger partial charge in [-0.25, -0.2) is 8.78 Å². The third-order valence-electron chi connectivity index (χ3n) is 4.17. The molecule has 0 bridgehead atoms. The standard InChI is InChI=1S/C12H19BrF2/c1-11(6-4-10(13)8-11)7-9-3-2-5-12(9,14)15/h9-10H,2-8H2,1H3. The van der Waals surface area contributed by atoms with Gasteiger partial charge in [-0.2, -0.15) is 0 Å². The highest BCUT2D eigenvalue weighted by atomic mass is 79.9. The van der Waals surface area contributed by atoms with Crippen LogP contribution in [0.5, 0.6) is 0 Å². The lowest BCUT2D eigenvalue weighted by atomic mass is 9.78. The molecule has 2 aliphatic rings. The Morgan fingerprint density at radius 2 is 2.00 bits per heavy atom. The topological polar surface area (TPSA) is 0 Å². The van der Waals surface area contributed by atoms with Crippen LogP contribution in [0.3, 0.4) is 0 Å². The van der Waals surface area contributed by atoms with Gasteiger partial charge in [0.15, 0.2) is 0 Å². The smallest absolute Gasteiger partial charge is 0.207 e. The van der Waals surface area contributed by atoms with Crippen molar-refractivity contribution in [2.45, 2.75) is 62.6 Å². The van der Waals surface area contributed by atoms with E-state index < -0.39 is 5.92 Å². The highest BCUT2D eigenvalue weighted by Gasteiger charge is 2.47. The van der Waals surface area contributed by atoms with Crippen molar-refractivity contribution in [3.05, 3.63) is 0 Å². The molecule has 0 amide bonds. The van der Waals surface area contributed by atoms with Crippen molar-refractivity contribution in [3.8, 4) is 0 Å². The maximum atomic E-state index is 13.5. The molecule has 15 heavy (non-hydrogen) atoms. The van der Waals surface area contributed by atoms with E-state index in [1.165, 1.54) is 0 Å². The Morgan fingerprint density at radius 3 is 2.47 bits per heavy atom. The fourth-order valence-electron chi connectivity index (χ4n) is 3.28. The molecule has 3 unspecified atom stereocenters. The van der Waals surface area contributed by atoms with E-state index in [9.17, 15) is 8.78 Å². The molecule has 0 nitrogen and oxygen atoms in total. The van der Waals surface area contributed by atoms with E-state index in [1.54, 1.807) is 0 Å². The second-order valence-corrected chi connectivity index (χ2v) is 7.00. The van der Waals surface area contributed by atoms with Crippen molar-refractivity contribution in [1.29, 1.82) is 0 Å². The highest BCUT2D eigenvalue weighted by Crippen LogP contribution is 2.51. The monoisotopic (exact) mass is 280 g/mol. The average Bonchev–Trinajstić information content (AvgIpc) is 2.58. The van der Waals surface area contributed by atoms with E-state index >= 15 is 0 Å². The minimum atomic E-state index is -2.38. The molecule has 0 aliphatic heterocycles. The van der Waals surface area contributed by atoms with Crippen LogP contribution in [0.15, 0.2) is 0 Å². The van der Waals surface area contributed by atoms with Crippen LogP contribution in [0, 0.1) is 11.3 Å². The lowest BCUT2D eigenvalue weighted by Gasteiger charge is -2.30. The summed E-state index contributed by atoms with van der Waals surface area (Å²) in [6, 6.07) is 0. The Balaban J connectivity index is 1.97. The van der Waals surface area contributed by atoms with Gasteiger partial charge in [0.05, 0.1) is 0 Å². The molecular formula is C12H19BrF2. The van der Waals surface area contributed by atoms with Crippen LogP contribution >= 0.6 is 15.9 Å². The van der Waals surface area contributed by atoms with Crippen molar-refractivity contribution >= 4 is 15.9 Å². The Morgan fingerprint density at radius 1 is 1.27 bits per heavy atom. The Hall–Kier alpha value is 0.340. The molecule has 0 spiro atoms. The minimum absolute atomic E-state index is 0.117. The molecule has 2 fully saturated rings. The lowest BCUT2D eigenvalue weighted by Crippen LogP contribution is -2.27. The Kier molecular flexibility index (Phi) is 3.13. The summed E-state index contributed by atoms with van der Waals surface area (Å²) in [5, 5.41) is 0. The normalized spacial score (nSPS) is 44.8. The summed E-state index contributed by atoms with van der Waals surface area (Å²) in [4.78, 5) is 0.553. The van der Waals surface area contributed by atoms with E-state index in [4.69, 9.17) is 0 Å². The largest absolute Gasteiger partial charge is 0.250 e. The van der Waals surface area contributed by atoms with Crippen LogP contribution < -0.4 is 0 Å². The Labute approximate surface area is 98.9 Å². The van der Waals surface area contributed by atoms with Gasteiger partial charge < -0.3 is 0 Å². The number of alkyl halides is 3. The minimum Gasteiger partial charge on any atom is -0.207 e. The second kappa shape index (κ2) is 3.97. The molecule has 2 saturated carbocycles. The molecule has 88 valence electrons. The van der Waals surface area contributed by atoms with Crippen LogP contribution in [-0.2, 0) is 0 Å². The van der Waals surface area contributed by atoms with E-state index in [0.717, 1.165) is 32.1 Å². The number of hydrogen-bond acceptors (Lipinski definition) is 0. The zero-order valence-corrected chi connectivity index (χ0v) is 10.8. The number of hydrogen-bond donors (Lipinski definition) is 0. The lowest BCUT2D eigenvalue weighted by molar-refractivity contribution is -0.0514. The SMILES string of the molecule is CC1(CC2CCCC2(F)F)CCC(Br)C1. The van der Waals surface area contributed by atoms with Gasteiger partial charge in [-0.05, 0) is 43.9 Å². The first-order chi connectivity index (χ1) is 6.91. The van der Waals surface area contributed by atoms with E-state index in [0.29, 0.717) is 11.2 Å². The molecule has 2 rings (SSSR count). The summed E-state index contributed by atoms with van der Waals surface area (Å²) in [6.07, 6.45) is 5.61. The van der Waals surface area contributed by atoms with Gasteiger partial charge in [0, 0.05) is 17.2 Å². The van der Waals surface area contributed by atoms with Crippen molar-refractivity contribution in [3.63, 3.8) is 0 Å². The third-order valence-corrected chi connectivity index (χ3v) is 4.96. The van der Waals surface area contributed by atoms with Crippen molar-refractivity contribution in [2.75, 3.05) is 0 Å². The number of halogens is 3. The quantitative estimate of drug-likeness (QED) is 0.640. The van der Waals surface area contributed by atoms with Crippen LogP contribution in [0.1, 0.15) is 51.9 Å². The van der Waals surface area contributed by atoms with Gasteiger partial charge in [-0.1, -0.05) is 22.9 Å². The fourth-order valence-corrected chi connectivity index (χ4v) is 4.29. The van der Waals surface area contributed by atoms with Gasteiger partial charge >= 0.3 is 0 Å². The van der Waals surface area contributed by atoms with Crippen LogP contribution in [0.25, 0.3) is 0 Å². The van der Waals surface area contributed by atoms with E-state index in [1.807, 2.05) is 0 Å². The first kappa shape index (κ1) is 11.8. The molecule has 0 aromatic rings. The molecule has 0 saturated heterocycles. The maximum absolute atomic E-state index is 13.5. The summed E-state index contributed by atoms with van der Waals surface area (Å²) >= 11 is 3.60. The molecule has 0 aromatic heterocycles. The average molecular weight is 281 g/mol. The van der Waals surface area contributed by atoms with Gasteiger partial charge in [0.1, 0.15) is 0 Å². The predicted molar refractivity (Wildman–Crippen MR) is 61.6 cm³/mol. The molecule has 3 atom stereocenters. The first-order valence-electron chi connectivity index (χ1n) is 5.93.